The first-order chi connectivity index (χ1) is 9.33. The topological polar surface area (TPSA) is 29.9 Å². The van der Waals surface area contributed by atoms with Gasteiger partial charge >= 0.3 is 0 Å². The number of hydrogen-bond donors (Lipinski definition) is 1. The summed E-state index contributed by atoms with van der Waals surface area (Å²) in [6.07, 6.45) is 2.08. The minimum absolute atomic E-state index is 0.897. The summed E-state index contributed by atoms with van der Waals surface area (Å²) in [7, 11) is 0. The quantitative estimate of drug-likeness (QED) is 0.773. The lowest BCUT2D eigenvalue weighted by Crippen LogP contribution is -2.19. The largest absolute Gasteiger partial charge is 0.311 e. The molecule has 3 nitrogen and oxygen atoms in total. The SMILES string of the molecule is CCc1cc(CNCCc2ccccc2)n(CC)n1. The smallest absolute Gasteiger partial charge is 0.0625 e. The normalized spacial score (nSPS) is 10.8. The summed E-state index contributed by atoms with van der Waals surface area (Å²) < 4.78 is 2.09. The molecule has 1 heterocycles. The molecule has 0 radical (unpaired) electrons. The van der Waals surface area contributed by atoms with E-state index in [1.54, 1.807) is 0 Å². The highest BCUT2D eigenvalue weighted by molar-refractivity contribution is 5.15. The standard InChI is InChI=1S/C16H23N3/c1-3-15-12-16(19(4-2)18-15)13-17-11-10-14-8-6-5-7-9-14/h5-9,12,17H,3-4,10-11,13H2,1-2H3. The second-order valence-electron chi connectivity index (χ2n) is 4.71. The van der Waals surface area contributed by atoms with Crippen molar-refractivity contribution in [3.05, 3.63) is 53.3 Å². The van der Waals surface area contributed by atoms with Gasteiger partial charge in [0.1, 0.15) is 0 Å². The lowest BCUT2D eigenvalue weighted by Gasteiger charge is -2.06. The maximum absolute atomic E-state index is 4.56. The fraction of sp³-hybridized carbons (Fsp3) is 0.438. The zero-order chi connectivity index (χ0) is 13.5. The molecule has 0 bridgehead atoms. The van der Waals surface area contributed by atoms with Gasteiger partial charge in [0.15, 0.2) is 0 Å². The van der Waals surface area contributed by atoms with Crippen LogP contribution in [0.15, 0.2) is 36.4 Å². The highest BCUT2D eigenvalue weighted by atomic mass is 15.3. The minimum Gasteiger partial charge on any atom is -0.311 e. The summed E-state index contributed by atoms with van der Waals surface area (Å²) in [5, 5.41) is 8.06. The fourth-order valence-corrected chi connectivity index (χ4v) is 2.20. The Hall–Kier alpha value is -1.61. The fourth-order valence-electron chi connectivity index (χ4n) is 2.20. The second kappa shape index (κ2) is 7.10. The molecule has 0 spiro atoms. The van der Waals surface area contributed by atoms with Crippen LogP contribution in [0.25, 0.3) is 0 Å². The molecule has 3 heteroatoms. The van der Waals surface area contributed by atoms with Gasteiger partial charge in [-0.15, -0.1) is 0 Å². The highest BCUT2D eigenvalue weighted by Gasteiger charge is 2.04. The average molecular weight is 257 g/mol. The molecule has 0 fully saturated rings. The van der Waals surface area contributed by atoms with E-state index in [0.29, 0.717) is 0 Å². The Labute approximate surface area is 115 Å². The van der Waals surface area contributed by atoms with Crippen molar-refractivity contribution in [2.75, 3.05) is 6.54 Å². The Balaban J connectivity index is 1.81. The molecule has 1 N–H and O–H groups in total. The first-order valence-electron chi connectivity index (χ1n) is 7.13. The van der Waals surface area contributed by atoms with Crippen molar-refractivity contribution >= 4 is 0 Å². The van der Waals surface area contributed by atoms with E-state index in [2.05, 4.69) is 65.3 Å². The Bertz CT molecular complexity index is 488. The number of nitrogens with zero attached hydrogens (tertiary/aromatic N) is 2. The van der Waals surface area contributed by atoms with Gasteiger partial charge in [0, 0.05) is 13.1 Å². The number of aromatic nitrogens is 2. The van der Waals surface area contributed by atoms with Gasteiger partial charge in [-0.1, -0.05) is 37.3 Å². The van der Waals surface area contributed by atoms with E-state index >= 15 is 0 Å². The summed E-state index contributed by atoms with van der Waals surface area (Å²) in [4.78, 5) is 0. The molecule has 102 valence electrons. The summed E-state index contributed by atoms with van der Waals surface area (Å²) in [6, 6.07) is 12.8. The van der Waals surface area contributed by atoms with Crippen LogP contribution in [-0.4, -0.2) is 16.3 Å². The molecule has 0 saturated heterocycles. The van der Waals surface area contributed by atoms with E-state index in [9.17, 15) is 0 Å². The number of hydrogen-bond acceptors (Lipinski definition) is 2. The van der Waals surface area contributed by atoms with Crippen LogP contribution in [0, 0.1) is 0 Å². The van der Waals surface area contributed by atoms with Gasteiger partial charge in [0.05, 0.1) is 11.4 Å². The van der Waals surface area contributed by atoms with Gasteiger partial charge in [-0.25, -0.2) is 0 Å². The first-order valence-corrected chi connectivity index (χ1v) is 7.13. The maximum Gasteiger partial charge on any atom is 0.0625 e. The Morgan fingerprint density at radius 3 is 2.63 bits per heavy atom. The predicted octanol–water partition coefficient (Wildman–Crippen LogP) is 2.80. The van der Waals surface area contributed by atoms with Gasteiger partial charge in [0.25, 0.3) is 0 Å². The minimum atomic E-state index is 0.897. The molecule has 0 amide bonds. The third-order valence-electron chi connectivity index (χ3n) is 3.32. The van der Waals surface area contributed by atoms with Crippen molar-refractivity contribution in [3.8, 4) is 0 Å². The number of aryl methyl sites for hydroxylation is 2. The predicted molar refractivity (Wildman–Crippen MR) is 79.1 cm³/mol. The molecule has 0 unspecified atom stereocenters. The second-order valence-corrected chi connectivity index (χ2v) is 4.71. The van der Waals surface area contributed by atoms with Crippen LogP contribution in [0.5, 0.6) is 0 Å². The molecule has 0 saturated carbocycles. The van der Waals surface area contributed by atoms with Crippen LogP contribution in [0.2, 0.25) is 0 Å². The van der Waals surface area contributed by atoms with Crippen LogP contribution in [0.4, 0.5) is 0 Å². The Kier molecular flexibility index (Phi) is 5.16. The first kappa shape index (κ1) is 13.8. The molecule has 0 atom stereocenters. The summed E-state index contributed by atoms with van der Waals surface area (Å²) >= 11 is 0. The van der Waals surface area contributed by atoms with E-state index in [4.69, 9.17) is 0 Å². The van der Waals surface area contributed by atoms with Crippen molar-refractivity contribution in [1.82, 2.24) is 15.1 Å². The molecule has 19 heavy (non-hydrogen) atoms. The van der Waals surface area contributed by atoms with Gasteiger partial charge in [0.2, 0.25) is 0 Å². The summed E-state index contributed by atoms with van der Waals surface area (Å²) in [6.45, 7) is 7.12. The van der Waals surface area contributed by atoms with Crippen molar-refractivity contribution in [3.63, 3.8) is 0 Å². The molecule has 1 aromatic heterocycles. The number of benzene rings is 1. The van der Waals surface area contributed by atoms with Crippen molar-refractivity contribution < 1.29 is 0 Å². The maximum atomic E-state index is 4.56. The third kappa shape index (κ3) is 3.93. The highest BCUT2D eigenvalue weighted by Crippen LogP contribution is 2.05. The number of nitrogens with one attached hydrogen (secondary N) is 1. The van der Waals surface area contributed by atoms with Crippen molar-refractivity contribution in [2.45, 2.75) is 39.8 Å². The molecule has 0 aliphatic carbocycles. The molecule has 0 aliphatic heterocycles. The number of rotatable bonds is 7. The van der Waals surface area contributed by atoms with Gasteiger partial charge in [-0.2, -0.15) is 5.10 Å². The Morgan fingerprint density at radius 1 is 1.16 bits per heavy atom. The molecular weight excluding hydrogens is 234 g/mol. The van der Waals surface area contributed by atoms with E-state index in [-0.39, 0.29) is 0 Å². The zero-order valence-corrected chi connectivity index (χ0v) is 11.9. The Morgan fingerprint density at radius 2 is 1.95 bits per heavy atom. The summed E-state index contributed by atoms with van der Waals surface area (Å²) in [5.41, 5.74) is 3.85. The van der Waals surface area contributed by atoms with E-state index in [1.165, 1.54) is 17.0 Å². The van der Waals surface area contributed by atoms with Crippen LogP contribution >= 0.6 is 0 Å². The molecular formula is C16H23N3. The molecule has 0 aliphatic rings. The molecule has 1 aromatic carbocycles. The van der Waals surface area contributed by atoms with Crippen LogP contribution in [0.1, 0.15) is 30.8 Å². The van der Waals surface area contributed by atoms with Crippen LogP contribution in [-0.2, 0) is 25.9 Å². The van der Waals surface area contributed by atoms with Gasteiger partial charge < -0.3 is 5.32 Å². The zero-order valence-electron chi connectivity index (χ0n) is 11.9. The molecule has 2 rings (SSSR count). The van der Waals surface area contributed by atoms with Gasteiger partial charge in [-0.3, -0.25) is 4.68 Å². The van der Waals surface area contributed by atoms with E-state index in [1.807, 2.05) is 0 Å². The van der Waals surface area contributed by atoms with E-state index in [0.717, 1.165) is 32.5 Å². The monoisotopic (exact) mass is 257 g/mol. The average Bonchev–Trinajstić information content (AvgIpc) is 2.87. The summed E-state index contributed by atoms with van der Waals surface area (Å²) in [5.74, 6) is 0. The van der Waals surface area contributed by atoms with Crippen LogP contribution < -0.4 is 5.32 Å². The van der Waals surface area contributed by atoms with Crippen LogP contribution in [0.3, 0.4) is 0 Å². The van der Waals surface area contributed by atoms with E-state index < -0.39 is 0 Å². The lowest BCUT2D eigenvalue weighted by atomic mass is 10.1. The third-order valence-corrected chi connectivity index (χ3v) is 3.32. The van der Waals surface area contributed by atoms with Crippen molar-refractivity contribution in [2.24, 2.45) is 0 Å². The van der Waals surface area contributed by atoms with Crippen molar-refractivity contribution in [1.29, 1.82) is 0 Å². The molecule has 2 aromatic rings. The van der Waals surface area contributed by atoms with Gasteiger partial charge in [-0.05, 0) is 37.9 Å². The lowest BCUT2D eigenvalue weighted by molar-refractivity contribution is 0.578.